The third kappa shape index (κ3) is 5.65. The average molecular weight is 465 g/mol. The van der Waals surface area contributed by atoms with E-state index in [1.807, 2.05) is 35.2 Å². The Morgan fingerprint density at radius 1 is 0.964 bits per heavy atom. The first kappa shape index (κ1) is 21.0. The smallest absolute Gasteiger partial charge is 0.241 e. The Labute approximate surface area is 175 Å². The molecule has 150 valence electrons. The number of hydrogen-bond acceptors (Lipinski definition) is 3. The van der Waals surface area contributed by atoms with Crippen LogP contribution in [0.1, 0.15) is 31.2 Å². The molecule has 0 radical (unpaired) electrons. The van der Waals surface area contributed by atoms with Crippen LogP contribution in [-0.4, -0.2) is 38.4 Å². The molecule has 1 aliphatic heterocycles. The van der Waals surface area contributed by atoms with Crippen LogP contribution in [0.2, 0.25) is 0 Å². The molecule has 1 fully saturated rings. The van der Waals surface area contributed by atoms with Gasteiger partial charge in [0.05, 0.1) is 4.90 Å². The zero-order valence-electron chi connectivity index (χ0n) is 15.7. The largest absolute Gasteiger partial charge is 0.341 e. The summed E-state index contributed by atoms with van der Waals surface area (Å²) in [4.78, 5) is 15.2. The second kappa shape index (κ2) is 9.67. The zero-order valence-corrected chi connectivity index (χ0v) is 18.1. The van der Waals surface area contributed by atoms with Gasteiger partial charge in [-0.1, -0.05) is 59.1 Å². The summed E-state index contributed by atoms with van der Waals surface area (Å²) in [5.74, 6) is -0.147. The first-order valence-electron chi connectivity index (χ1n) is 9.56. The van der Waals surface area contributed by atoms with Crippen LogP contribution in [0, 0.1) is 0 Å². The summed E-state index contributed by atoms with van der Waals surface area (Å²) in [6.07, 6.45) is 4.47. The molecule has 0 aromatic heterocycles. The molecular formula is C21H25BrN2O3S. The summed E-state index contributed by atoms with van der Waals surface area (Å²) in [5.41, 5.74) is 0.925. The molecule has 0 saturated carbocycles. The second-order valence-electron chi connectivity index (χ2n) is 7.06. The van der Waals surface area contributed by atoms with Gasteiger partial charge in [0.2, 0.25) is 15.9 Å². The average Bonchev–Trinajstić information content (AvgIpc) is 2.97. The Hall–Kier alpha value is -1.70. The Kier molecular flexibility index (Phi) is 7.26. The SMILES string of the molecule is O=C([C@H](Cc1ccccc1)NS(=O)(=O)c1ccc(Br)cc1)N1CCCCCC1. The Bertz CT molecular complexity index is 878. The summed E-state index contributed by atoms with van der Waals surface area (Å²) in [5, 5.41) is 0. The van der Waals surface area contributed by atoms with E-state index in [9.17, 15) is 13.2 Å². The van der Waals surface area contributed by atoms with Crippen molar-refractivity contribution in [2.24, 2.45) is 0 Å². The zero-order chi connectivity index (χ0) is 20.0. The lowest BCUT2D eigenvalue weighted by Crippen LogP contribution is -2.49. The van der Waals surface area contributed by atoms with Crippen LogP contribution < -0.4 is 4.72 Å². The van der Waals surface area contributed by atoms with E-state index < -0.39 is 16.1 Å². The molecule has 2 aromatic rings. The number of amides is 1. The molecule has 3 rings (SSSR count). The van der Waals surface area contributed by atoms with Crippen LogP contribution in [0.15, 0.2) is 64.0 Å². The third-order valence-electron chi connectivity index (χ3n) is 4.92. The van der Waals surface area contributed by atoms with Crippen LogP contribution in [0.5, 0.6) is 0 Å². The van der Waals surface area contributed by atoms with Gasteiger partial charge in [0.1, 0.15) is 6.04 Å². The fourth-order valence-electron chi connectivity index (χ4n) is 3.41. The van der Waals surface area contributed by atoms with Crippen LogP contribution in [-0.2, 0) is 21.2 Å². The molecule has 7 heteroatoms. The Morgan fingerprint density at radius 3 is 2.18 bits per heavy atom. The monoisotopic (exact) mass is 464 g/mol. The number of nitrogens with zero attached hydrogens (tertiary/aromatic N) is 1. The number of likely N-dealkylation sites (tertiary alicyclic amines) is 1. The molecule has 1 saturated heterocycles. The van der Waals surface area contributed by atoms with Crippen molar-refractivity contribution in [1.82, 2.24) is 9.62 Å². The van der Waals surface area contributed by atoms with Crippen LogP contribution in [0.25, 0.3) is 0 Å². The maximum atomic E-state index is 13.2. The lowest BCUT2D eigenvalue weighted by molar-refractivity contribution is -0.132. The highest BCUT2D eigenvalue weighted by Gasteiger charge is 2.29. The van der Waals surface area contributed by atoms with Gasteiger partial charge in [0, 0.05) is 17.6 Å². The van der Waals surface area contributed by atoms with Crippen molar-refractivity contribution in [3.63, 3.8) is 0 Å². The molecule has 1 amide bonds. The minimum atomic E-state index is -3.81. The van der Waals surface area contributed by atoms with Gasteiger partial charge in [-0.15, -0.1) is 0 Å². The number of hydrogen-bond donors (Lipinski definition) is 1. The van der Waals surface area contributed by atoms with Gasteiger partial charge in [-0.25, -0.2) is 8.42 Å². The normalized spacial score (nSPS) is 16.4. The lowest BCUT2D eigenvalue weighted by atomic mass is 10.1. The van der Waals surface area contributed by atoms with E-state index in [4.69, 9.17) is 0 Å². The van der Waals surface area contributed by atoms with Crippen molar-refractivity contribution in [3.8, 4) is 0 Å². The molecule has 1 N–H and O–H groups in total. The summed E-state index contributed by atoms with van der Waals surface area (Å²) in [7, 11) is -3.81. The summed E-state index contributed by atoms with van der Waals surface area (Å²) >= 11 is 3.31. The van der Waals surface area contributed by atoms with E-state index in [1.165, 1.54) is 12.1 Å². The first-order valence-corrected chi connectivity index (χ1v) is 11.8. The van der Waals surface area contributed by atoms with Gasteiger partial charge in [0.15, 0.2) is 0 Å². The maximum absolute atomic E-state index is 13.2. The number of carbonyl (C=O) groups is 1. The van der Waals surface area contributed by atoms with E-state index in [1.54, 1.807) is 12.1 Å². The number of carbonyl (C=O) groups excluding carboxylic acids is 1. The van der Waals surface area contributed by atoms with Gasteiger partial charge in [-0.2, -0.15) is 4.72 Å². The standard InChI is InChI=1S/C21H25BrN2O3S/c22-18-10-12-19(13-11-18)28(26,27)23-20(16-17-8-4-3-5-9-17)21(25)24-14-6-1-2-7-15-24/h3-5,8-13,20,23H,1-2,6-7,14-16H2/t20-/m0/s1. The highest BCUT2D eigenvalue weighted by atomic mass is 79.9. The van der Waals surface area contributed by atoms with Gasteiger partial charge in [-0.05, 0) is 49.1 Å². The van der Waals surface area contributed by atoms with Crippen molar-refractivity contribution in [3.05, 3.63) is 64.6 Å². The highest BCUT2D eigenvalue weighted by molar-refractivity contribution is 9.10. The van der Waals surface area contributed by atoms with Crippen molar-refractivity contribution in [2.75, 3.05) is 13.1 Å². The molecule has 2 aromatic carbocycles. The molecule has 1 heterocycles. The Morgan fingerprint density at radius 2 is 1.57 bits per heavy atom. The van der Waals surface area contributed by atoms with Crippen LogP contribution in [0.4, 0.5) is 0 Å². The second-order valence-corrected chi connectivity index (χ2v) is 9.69. The van der Waals surface area contributed by atoms with Crippen molar-refractivity contribution in [2.45, 2.75) is 43.0 Å². The lowest BCUT2D eigenvalue weighted by Gasteiger charge is -2.27. The molecular weight excluding hydrogens is 440 g/mol. The third-order valence-corrected chi connectivity index (χ3v) is 6.94. The van der Waals surface area contributed by atoms with Gasteiger partial charge in [0.25, 0.3) is 0 Å². The maximum Gasteiger partial charge on any atom is 0.241 e. The van der Waals surface area contributed by atoms with E-state index in [-0.39, 0.29) is 10.8 Å². The molecule has 28 heavy (non-hydrogen) atoms. The van der Waals surface area contributed by atoms with Crippen molar-refractivity contribution >= 4 is 31.9 Å². The van der Waals surface area contributed by atoms with E-state index in [0.29, 0.717) is 19.5 Å². The number of nitrogens with one attached hydrogen (secondary N) is 1. The summed E-state index contributed by atoms with van der Waals surface area (Å²) < 4.78 is 29.3. The first-order chi connectivity index (χ1) is 13.5. The topological polar surface area (TPSA) is 66.5 Å². The van der Waals surface area contributed by atoms with E-state index in [2.05, 4.69) is 20.7 Å². The number of sulfonamides is 1. The predicted molar refractivity (Wildman–Crippen MR) is 113 cm³/mol. The fraction of sp³-hybridized carbons (Fsp3) is 0.381. The quantitative estimate of drug-likeness (QED) is 0.707. The molecule has 0 bridgehead atoms. The minimum absolute atomic E-state index is 0.147. The van der Waals surface area contributed by atoms with E-state index in [0.717, 1.165) is 35.7 Å². The van der Waals surface area contributed by atoms with Crippen LogP contribution in [0.3, 0.4) is 0 Å². The summed E-state index contributed by atoms with van der Waals surface area (Å²) in [6.45, 7) is 1.37. The molecule has 0 unspecified atom stereocenters. The van der Waals surface area contributed by atoms with Crippen LogP contribution >= 0.6 is 15.9 Å². The minimum Gasteiger partial charge on any atom is -0.341 e. The van der Waals surface area contributed by atoms with E-state index >= 15 is 0 Å². The number of benzene rings is 2. The van der Waals surface area contributed by atoms with Gasteiger partial charge in [-0.3, -0.25) is 4.79 Å². The highest BCUT2D eigenvalue weighted by Crippen LogP contribution is 2.17. The van der Waals surface area contributed by atoms with Crippen molar-refractivity contribution in [1.29, 1.82) is 0 Å². The predicted octanol–water partition coefficient (Wildman–Crippen LogP) is 3.74. The molecule has 1 atom stereocenters. The van der Waals surface area contributed by atoms with Crippen molar-refractivity contribution < 1.29 is 13.2 Å². The molecule has 1 aliphatic rings. The number of halogens is 1. The fourth-order valence-corrected chi connectivity index (χ4v) is 4.86. The van der Waals surface area contributed by atoms with Gasteiger partial charge >= 0.3 is 0 Å². The number of rotatable bonds is 6. The molecule has 5 nitrogen and oxygen atoms in total. The Balaban J connectivity index is 1.84. The van der Waals surface area contributed by atoms with Gasteiger partial charge < -0.3 is 4.90 Å². The molecule has 0 spiro atoms. The molecule has 0 aliphatic carbocycles. The summed E-state index contributed by atoms with van der Waals surface area (Å²) in [6, 6.07) is 15.1.